The van der Waals surface area contributed by atoms with Gasteiger partial charge in [-0.15, -0.1) is 0 Å². The molecule has 3 nitrogen and oxygen atoms in total. The lowest BCUT2D eigenvalue weighted by Gasteiger charge is -2.17. The molecule has 0 aliphatic heterocycles. The Morgan fingerprint density at radius 1 is 1.29 bits per heavy atom. The Morgan fingerprint density at radius 2 is 1.86 bits per heavy atom. The van der Waals surface area contributed by atoms with E-state index < -0.39 is 11.6 Å². The largest absolute Gasteiger partial charge is 0.448 e. The highest BCUT2D eigenvalue weighted by molar-refractivity contribution is 5.90. The maximum absolute atomic E-state index is 11.4. The minimum Gasteiger partial charge on any atom is -0.448 e. The Hall–Kier alpha value is -1.64. The second-order valence-corrected chi connectivity index (χ2v) is 3.48. The highest BCUT2D eigenvalue weighted by Gasteiger charge is 2.22. The van der Waals surface area contributed by atoms with E-state index in [-0.39, 0.29) is 0 Å². The summed E-state index contributed by atoms with van der Waals surface area (Å²) in [6.07, 6.45) is 0.605. The fourth-order valence-corrected chi connectivity index (χ4v) is 0.896. The molecule has 0 atom stereocenters. The number of hydrogen-bond acceptors (Lipinski definition) is 3. The molecule has 0 aliphatic rings. The third kappa shape index (κ3) is 2.69. The van der Waals surface area contributed by atoms with Crippen LogP contribution in [0.4, 0.5) is 0 Å². The van der Waals surface area contributed by atoms with E-state index in [0.29, 0.717) is 11.8 Å². The lowest BCUT2D eigenvalue weighted by atomic mass is 10.1. The average molecular weight is 192 g/mol. The molecule has 0 saturated heterocycles. The minimum atomic E-state index is -1.06. The van der Waals surface area contributed by atoms with Crippen LogP contribution >= 0.6 is 0 Å². The van der Waals surface area contributed by atoms with Crippen LogP contribution in [-0.4, -0.2) is 17.9 Å². The van der Waals surface area contributed by atoms with Crippen molar-refractivity contribution in [3.05, 3.63) is 35.9 Å². The van der Waals surface area contributed by atoms with Crippen molar-refractivity contribution in [2.75, 3.05) is 0 Å². The van der Waals surface area contributed by atoms with Crippen LogP contribution in [0.5, 0.6) is 0 Å². The molecular formula is C11H12O3. The maximum Gasteiger partial charge on any atom is 0.339 e. The van der Waals surface area contributed by atoms with E-state index in [4.69, 9.17) is 4.74 Å². The van der Waals surface area contributed by atoms with Crippen molar-refractivity contribution in [2.24, 2.45) is 0 Å². The zero-order valence-electron chi connectivity index (χ0n) is 8.19. The van der Waals surface area contributed by atoms with Gasteiger partial charge >= 0.3 is 5.97 Å². The molecule has 1 aromatic rings. The summed E-state index contributed by atoms with van der Waals surface area (Å²) < 4.78 is 4.97. The van der Waals surface area contributed by atoms with Gasteiger partial charge in [-0.05, 0) is 26.0 Å². The maximum atomic E-state index is 11.4. The Kier molecular flexibility index (Phi) is 3.02. The monoisotopic (exact) mass is 192 g/mol. The van der Waals surface area contributed by atoms with Gasteiger partial charge in [0.05, 0.1) is 5.56 Å². The van der Waals surface area contributed by atoms with Crippen LogP contribution in [0.1, 0.15) is 24.2 Å². The molecule has 0 saturated carbocycles. The SMILES string of the molecule is CC(C)(C=O)OC(=O)c1ccccc1. The van der Waals surface area contributed by atoms with Gasteiger partial charge in [0.1, 0.15) is 0 Å². The number of hydrogen-bond donors (Lipinski definition) is 0. The lowest BCUT2D eigenvalue weighted by Crippen LogP contribution is -2.29. The first kappa shape index (κ1) is 10.4. The van der Waals surface area contributed by atoms with Crippen molar-refractivity contribution in [1.82, 2.24) is 0 Å². The van der Waals surface area contributed by atoms with E-state index >= 15 is 0 Å². The predicted molar refractivity (Wildman–Crippen MR) is 52.0 cm³/mol. The van der Waals surface area contributed by atoms with Crippen molar-refractivity contribution in [3.63, 3.8) is 0 Å². The number of rotatable bonds is 3. The zero-order valence-corrected chi connectivity index (χ0v) is 8.19. The molecule has 1 aromatic carbocycles. The van der Waals surface area contributed by atoms with E-state index in [9.17, 15) is 9.59 Å². The first-order valence-corrected chi connectivity index (χ1v) is 4.30. The number of esters is 1. The molecule has 0 N–H and O–H groups in total. The Labute approximate surface area is 82.7 Å². The topological polar surface area (TPSA) is 43.4 Å². The molecular weight excluding hydrogens is 180 g/mol. The highest BCUT2D eigenvalue weighted by Crippen LogP contribution is 2.10. The Balaban J connectivity index is 2.74. The number of aldehydes is 1. The van der Waals surface area contributed by atoms with E-state index in [1.54, 1.807) is 38.1 Å². The Bertz CT molecular complexity index is 328. The summed E-state index contributed by atoms with van der Waals surface area (Å²) in [5, 5.41) is 0. The molecule has 14 heavy (non-hydrogen) atoms. The molecule has 0 heterocycles. The molecule has 0 radical (unpaired) electrons. The predicted octanol–water partition coefficient (Wildman–Crippen LogP) is 1.82. The van der Waals surface area contributed by atoms with E-state index in [2.05, 4.69) is 0 Å². The summed E-state index contributed by atoms with van der Waals surface area (Å²) >= 11 is 0. The van der Waals surface area contributed by atoms with Crippen LogP contribution in [0, 0.1) is 0 Å². The lowest BCUT2D eigenvalue weighted by molar-refractivity contribution is -0.122. The molecule has 3 heteroatoms. The smallest absolute Gasteiger partial charge is 0.339 e. The van der Waals surface area contributed by atoms with Crippen LogP contribution in [0.15, 0.2) is 30.3 Å². The second kappa shape index (κ2) is 4.05. The van der Waals surface area contributed by atoms with Gasteiger partial charge in [0, 0.05) is 0 Å². The van der Waals surface area contributed by atoms with E-state index in [1.807, 2.05) is 6.07 Å². The summed E-state index contributed by atoms with van der Waals surface area (Å²) in [4.78, 5) is 22.0. The third-order valence-corrected chi connectivity index (χ3v) is 1.65. The fraction of sp³-hybridized carbons (Fsp3) is 0.273. The second-order valence-electron chi connectivity index (χ2n) is 3.48. The number of benzene rings is 1. The number of ether oxygens (including phenoxy) is 1. The normalized spacial score (nSPS) is 10.7. The molecule has 0 unspecified atom stereocenters. The van der Waals surface area contributed by atoms with Crippen LogP contribution < -0.4 is 0 Å². The third-order valence-electron chi connectivity index (χ3n) is 1.65. The van der Waals surface area contributed by atoms with Gasteiger partial charge in [-0.3, -0.25) is 4.79 Å². The van der Waals surface area contributed by atoms with Crippen LogP contribution in [-0.2, 0) is 9.53 Å². The van der Waals surface area contributed by atoms with Gasteiger partial charge in [0.2, 0.25) is 0 Å². The molecule has 0 aromatic heterocycles. The molecule has 0 fully saturated rings. The van der Waals surface area contributed by atoms with Gasteiger partial charge in [0.15, 0.2) is 11.9 Å². The van der Waals surface area contributed by atoms with Crippen molar-refractivity contribution in [1.29, 1.82) is 0 Å². The highest BCUT2D eigenvalue weighted by atomic mass is 16.6. The van der Waals surface area contributed by atoms with Crippen molar-refractivity contribution < 1.29 is 14.3 Å². The van der Waals surface area contributed by atoms with Crippen LogP contribution in [0.25, 0.3) is 0 Å². The fourth-order valence-electron chi connectivity index (χ4n) is 0.896. The molecule has 0 amide bonds. The first-order chi connectivity index (χ1) is 6.55. The molecule has 0 spiro atoms. The van der Waals surface area contributed by atoms with Gasteiger partial charge in [0.25, 0.3) is 0 Å². The standard InChI is InChI=1S/C11H12O3/c1-11(2,8-12)14-10(13)9-6-4-3-5-7-9/h3-8H,1-2H3. The van der Waals surface area contributed by atoms with Crippen LogP contribution in [0.3, 0.4) is 0 Å². The van der Waals surface area contributed by atoms with Crippen molar-refractivity contribution in [3.8, 4) is 0 Å². The molecule has 0 bridgehead atoms. The number of carbonyl (C=O) groups is 2. The van der Waals surface area contributed by atoms with E-state index in [1.165, 1.54) is 0 Å². The molecule has 0 aliphatic carbocycles. The molecule has 1 rings (SSSR count). The summed E-state index contributed by atoms with van der Waals surface area (Å²) in [6, 6.07) is 8.57. The Morgan fingerprint density at radius 3 is 2.36 bits per heavy atom. The van der Waals surface area contributed by atoms with Gasteiger partial charge < -0.3 is 4.74 Å². The van der Waals surface area contributed by atoms with Crippen molar-refractivity contribution in [2.45, 2.75) is 19.4 Å². The average Bonchev–Trinajstić information content (AvgIpc) is 2.19. The summed E-state index contributed by atoms with van der Waals surface area (Å²) in [6.45, 7) is 3.08. The van der Waals surface area contributed by atoms with Gasteiger partial charge in [-0.25, -0.2) is 4.79 Å². The quantitative estimate of drug-likeness (QED) is 0.542. The van der Waals surface area contributed by atoms with Gasteiger partial charge in [-0.2, -0.15) is 0 Å². The first-order valence-electron chi connectivity index (χ1n) is 4.30. The summed E-state index contributed by atoms with van der Waals surface area (Å²) in [7, 11) is 0. The van der Waals surface area contributed by atoms with Crippen LogP contribution in [0.2, 0.25) is 0 Å². The zero-order chi connectivity index (χ0) is 10.6. The minimum absolute atomic E-state index is 0.447. The van der Waals surface area contributed by atoms with Crippen molar-refractivity contribution >= 4 is 12.3 Å². The van der Waals surface area contributed by atoms with E-state index in [0.717, 1.165) is 0 Å². The molecule has 74 valence electrons. The summed E-state index contributed by atoms with van der Waals surface area (Å²) in [5.41, 5.74) is -0.616. The number of carbonyl (C=O) groups excluding carboxylic acids is 2. The van der Waals surface area contributed by atoms with Gasteiger partial charge in [-0.1, -0.05) is 18.2 Å². The summed E-state index contributed by atoms with van der Waals surface area (Å²) in [5.74, 6) is -0.484.